The number of nitrogens with two attached hydrogens (primary N) is 1. The SMILES string of the molecule is Cn1c(CCCCCN)nc2ccc(F)cc21. The average molecular weight is 235 g/mol. The lowest BCUT2D eigenvalue weighted by atomic mass is 10.2. The van der Waals surface area contributed by atoms with Crippen molar-refractivity contribution >= 4 is 11.0 Å². The Morgan fingerprint density at radius 2 is 2.12 bits per heavy atom. The molecule has 17 heavy (non-hydrogen) atoms. The molecule has 0 fully saturated rings. The maximum absolute atomic E-state index is 13.1. The first-order chi connectivity index (χ1) is 8.22. The highest BCUT2D eigenvalue weighted by Crippen LogP contribution is 2.17. The largest absolute Gasteiger partial charge is 0.331 e. The Balaban J connectivity index is 2.15. The van der Waals surface area contributed by atoms with Gasteiger partial charge in [0.15, 0.2) is 0 Å². The van der Waals surface area contributed by atoms with Gasteiger partial charge >= 0.3 is 0 Å². The Morgan fingerprint density at radius 1 is 1.29 bits per heavy atom. The monoisotopic (exact) mass is 235 g/mol. The summed E-state index contributed by atoms with van der Waals surface area (Å²) in [5, 5.41) is 0. The molecule has 0 unspecified atom stereocenters. The fourth-order valence-corrected chi connectivity index (χ4v) is 2.04. The molecule has 0 atom stereocenters. The van der Waals surface area contributed by atoms with Crippen molar-refractivity contribution in [2.45, 2.75) is 25.7 Å². The van der Waals surface area contributed by atoms with Crippen LogP contribution in [-0.4, -0.2) is 16.1 Å². The molecule has 4 heteroatoms. The van der Waals surface area contributed by atoms with Crippen LogP contribution in [0.2, 0.25) is 0 Å². The van der Waals surface area contributed by atoms with Crippen molar-refractivity contribution in [3.63, 3.8) is 0 Å². The Labute approximate surface area is 100 Å². The van der Waals surface area contributed by atoms with Gasteiger partial charge in [-0.2, -0.15) is 0 Å². The summed E-state index contributed by atoms with van der Waals surface area (Å²) in [5.41, 5.74) is 7.18. The van der Waals surface area contributed by atoms with Crippen LogP contribution < -0.4 is 5.73 Å². The van der Waals surface area contributed by atoms with E-state index in [0.29, 0.717) is 0 Å². The van der Waals surface area contributed by atoms with Gasteiger partial charge in [-0.1, -0.05) is 6.42 Å². The van der Waals surface area contributed by atoms with Crippen LogP contribution in [0.25, 0.3) is 11.0 Å². The molecule has 0 aliphatic heterocycles. The molecular weight excluding hydrogens is 217 g/mol. The highest BCUT2D eigenvalue weighted by molar-refractivity contribution is 5.75. The number of aromatic nitrogens is 2. The fourth-order valence-electron chi connectivity index (χ4n) is 2.04. The number of rotatable bonds is 5. The average Bonchev–Trinajstić information content (AvgIpc) is 2.62. The van der Waals surface area contributed by atoms with Gasteiger partial charge < -0.3 is 10.3 Å². The molecule has 2 rings (SSSR count). The second kappa shape index (κ2) is 5.27. The minimum absolute atomic E-state index is 0.213. The van der Waals surface area contributed by atoms with Gasteiger partial charge in [0.25, 0.3) is 0 Å². The number of unbranched alkanes of at least 4 members (excludes halogenated alkanes) is 2. The summed E-state index contributed by atoms with van der Waals surface area (Å²) in [5.74, 6) is 0.804. The molecule has 0 saturated heterocycles. The van der Waals surface area contributed by atoms with Gasteiger partial charge in [0.05, 0.1) is 11.0 Å². The zero-order valence-electron chi connectivity index (χ0n) is 10.1. The third-order valence-corrected chi connectivity index (χ3v) is 3.04. The minimum atomic E-state index is -0.213. The molecular formula is C13H18FN3. The molecule has 0 spiro atoms. The number of fused-ring (bicyclic) bond motifs is 1. The number of hydrogen-bond donors (Lipinski definition) is 1. The van der Waals surface area contributed by atoms with Crippen LogP contribution in [0.5, 0.6) is 0 Å². The Bertz CT molecular complexity index is 505. The molecule has 1 aromatic carbocycles. The van der Waals surface area contributed by atoms with Gasteiger partial charge in [-0.25, -0.2) is 9.37 Å². The summed E-state index contributed by atoms with van der Waals surface area (Å²) in [7, 11) is 1.94. The predicted octanol–water partition coefficient (Wildman–Crippen LogP) is 2.38. The normalized spacial score (nSPS) is 11.2. The van der Waals surface area contributed by atoms with E-state index in [9.17, 15) is 4.39 Å². The third-order valence-electron chi connectivity index (χ3n) is 3.04. The molecule has 0 amide bonds. The molecule has 2 N–H and O–H groups in total. The number of benzene rings is 1. The van der Waals surface area contributed by atoms with E-state index in [1.54, 1.807) is 6.07 Å². The first-order valence-electron chi connectivity index (χ1n) is 6.03. The van der Waals surface area contributed by atoms with Crippen LogP contribution in [0, 0.1) is 5.82 Å². The maximum atomic E-state index is 13.1. The van der Waals surface area contributed by atoms with Gasteiger partial charge in [-0.05, 0) is 37.6 Å². The van der Waals surface area contributed by atoms with Crippen LogP contribution in [-0.2, 0) is 13.5 Å². The fraction of sp³-hybridized carbons (Fsp3) is 0.462. The van der Waals surface area contributed by atoms with E-state index in [1.165, 1.54) is 12.1 Å². The second-order valence-corrected chi connectivity index (χ2v) is 4.32. The zero-order valence-corrected chi connectivity index (χ0v) is 10.1. The summed E-state index contributed by atoms with van der Waals surface area (Å²) < 4.78 is 15.1. The topological polar surface area (TPSA) is 43.8 Å². The van der Waals surface area contributed by atoms with E-state index < -0.39 is 0 Å². The van der Waals surface area contributed by atoms with Crippen molar-refractivity contribution in [2.75, 3.05) is 6.54 Å². The lowest BCUT2D eigenvalue weighted by Gasteiger charge is -2.01. The predicted molar refractivity (Wildman–Crippen MR) is 67.3 cm³/mol. The molecule has 1 heterocycles. The summed E-state index contributed by atoms with van der Waals surface area (Å²) in [6.07, 6.45) is 4.18. The summed E-state index contributed by atoms with van der Waals surface area (Å²) in [4.78, 5) is 4.52. The second-order valence-electron chi connectivity index (χ2n) is 4.32. The minimum Gasteiger partial charge on any atom is -0.331 e. The van der Waals surface area contributed by atoms with Crippen LogP contribution in [0.1, 0.15) is 25.1 Å². The third kappa shape index (κ3) is 2.64. The first-order valence-corrected chi connectivity index (χ1v) is 6.03. The smallest absolute Gasteiger partial charge is 0.125 e. The molecule has 2 aromatic rings. The summed E-state index contributed by atoms with van der Waals surface area (Å²) in [6, 6.07) is 4.72. The van der Waals surface area contributed by atoms with Gasteiger partial charge in [0.1, 0.15) is 11.6 Å². The molecule has 0 saturated carbocycles. The van der Waals surface area contributed by atoms with Crippen molar-refractivity contribution < 1.29 is 4.39 Å². The van der Waals surface area contributed by atoms with Crippen molar-refractivity contribution in [1.82, 2.24) is 9.55 Å². The molecule has 0 bridgehead atoms. The van der Waals surface area contributed by atoms with Crippen LogP contribution in [0.15, 0.2) is 18.2 Å². The van der Waals surface area contributed by atoms with Gasteiger partial charge in [-0.3, -0.25) is 0 Å². The van der Waals surface area contributed by atoms with Crippen molar-refractivity contribution in [1.29, 1.82) is 0 Å². The zero-order chi connectivity index (χ0) is 12.3. The van der Waals surface area contributed by atoms with Crippen molar-refractivity contribution in [3.8, 4) is 0 Å². The van der Waals surface area contributed by atoms with E-state index in [1.807, 2.05) is 11.6 Å². The van der Waals surface area contributed by atoms with Gasteiger partial charge in [0.2, 0.25) is 0 Å². The molecule has 92 valence electrons. The van der Waals surface area contributed by atoms with Gasteiger partial charge in [-0.15, -0.1) is 0 Å². The lowest BCUT2D eigenvalue weighted by molar-refractivity contribution is 0.628. The van der Waals surface area contributed by atoms with Crippen LogP contribution in [0.3, 0.4) is 0 Å². The molecule has 3 nitrogen and oxygen atoms in total. The van der Waals surface area contributed by atoms with E-state index in [2.05, 4.69) is 4.98 Å². The van der Waals surface area contributed by atoms with E-state index in [4.69, 9.17) is 5.73 Å². The molecule has 0 radical (unpaired) electrons. The molecule has 0 aliphatic rings. The Kier molecular flexibility index (Phi) is 3.74. The van der Waals surface area contributed by atoms with Crippen LogP contribution >= 0.6 is 0 Å². The number of nitrogens with zero attached hydrogens (tertiary/aromatic N) is 2. The Hall–Kier alpha value is -1.42. The van der Waals surface area contributed by atoms with Gasteiger partial charge in [0, 0.05) is 13.5 Å². The van der Waals surface area contributed by atoms with Crippen molar-refractivity contribution in [2.24, 2.45) is 12.8 Å². The maximum Gasteiger partial charge on any atom is 0.125 e. The summed E-state index contributed by atoms with van der Waals surface area (Å²) >= 11 is 0. The highest BCUT2D eigenvalue weighted by Gasteiger charge is 2.07. The lowest BCUT2D eigenvalue weighted by Crippen LogP contribution is -2.01. The number of halogens is 1. The first kappa shape index (κ1) is 12.0. The number of imidazole rings is 1. The standard InChI is InChI=1S/C13H18FN3/c1-17-12-9-10(14)6-7-11(12)16-13(17)5-3-2-4-8-15/h6-7,9H,2-5,8,15H2,1H3. The summed E-state index contributed by atoms with van der Waals surface area (Å²) in [6.45, 7) is 0.744. The number of aryl methyl sites for hydroxylation is 2. The van der Waals surface area contributed by atoms with E-state index >= 15 is 0 Å². The quantitative estimate of drug-likeness (QED) is 0.809. The van der Waals surface area contributed by atoms with Crippen molar-refractivity contribution in [3.05, 3.63) is 29.8 Å². The molecule has 0 aliphatic carbocycles. The Morgan fingerprint density at radius 3 is 2.88 bits per heavy atom. The van der Waals surface area contributed by atoms with E-state index in [0.717, 1.165) is 49.1 Å². The highest BCUT2D eigenvalue weighted by atomic mass is 19.1. The number of hydrogen-bond acceptors (Lipinski definition) is 2. The van der Waals surface area contributed by atoms with Crippen LogP contribution in [0.4, 0.5) is 4.39 Å². The molecule has 1 aromatic heterocycles. The van der Waals surface area contributed by atoms with E-state index in [-0.39, 0.29) is 5.82 Å².